The Bertz CT molecular complexity index is 364. The summed E-state index contributed by atoms with van der Waals surface area (Å²) in [6.45, 7) is 4.06. The van der Waals surface area contributed by atoms with E-state index in [-0.39, 0.29) is 12.0 Å². The third-order valence-electron chi connectivity index (χ3n) is 3.46. The van der Waals surface area contributed by atoms with Crippen LogP contribution in [0.25, 0.3) is 0 Å². The van der Waals surface area contributed by atoms with Crippen LogP contribution in [0.3, 0.4) is 0 Å². The van der Waals surface area contributed by atoms with E-state index in [0.29, 0.717) is 5.56 Å². The Morgan fingerprint density at radius 2 is 2.21 bits per heavy atom. The monoisotopic (exact) mass is 195 g/mol. The Morgan fingerprint density at radius 3 is 2.64 bits per heavy atom. The van der Waals surface area contributed by atoms with E-state index in [1.165, 1.54) is 6.20 Å². The Morgan fingerprint density at radius 1 is 1.57 bits per heavy atom. The lowest BCUT2D eigenvalue weighted by atomic mass is 9.89. The van der Waals surface area contributed by atoms with Crippen molar-refractivity contribution in [1.29, 1.82) is 0 Å². The molecular formula is C11H14FNO. The first kappa shape index (κ1) is 9.59. The molecule has 76 valence electrons. The number of nitrogens with zero attached hydrogens (tertiary/aromatic N) is 1. The Hall–Kier alpha value is -0.960. The fraction of sp³-hybridized carbons (Fsp3) is 0.545. The molecule has 1 saturated carbocycles. The summed E-state index contributed by atoms with van der Waals surface area (Å²) in [6, 6.07) is 3.43. The smallest absolute Gasteiger partial charge is 0.216 e. The van der Waals surface area contributed by atoms with Crippen molar-refractivity contribution in [3.05, 3.63) is 29.8 Å². The van der Waals surface area contributed by atoms with Crippen molar-refractivity contribution in [1.82, 2.24) is 4.98 Å². The fourth-order valence-electron chi connectivity index (χ4n) is 2.27. The van der Waals surface area contributed by atoms with Gasteiger partial charge in [0.1, 0.15) is 0 Å². The van der Waals surface area contributed by atoms with Gasteiger partial charge in [-0.25, -0.2) is 4.98 Å². The predicted octanol–water partition coefficient (Wildman–Crippen LogP) is 1.88. The molecule has 1 N–H and O–H groups in total. The van der Waals surface area contributed by atoms with Crippen LogP contribution in [0.4, 0.5) is 4.39 Å². The van der Waals surface area contributed by atoms with Crippen molar-refractivity contribution in [3.8, 4) is 0 Å². The Balaban J connectivity index is 2.46. The van der Waals surface area contributed by atoms with Crippen molar-refractivity contribution in [3.63, 3.8) is 0 Å². The molecule has 0 saturated heterocycles. The van der Waals surface area contributed by atoms with Gasteiger partial charge in [0.2, 0.25) is 5.95 Å². The first-order valence-electron chi connectivity index (χ1n) is 4.75. The molecule has 14 heavy (non-hydrogen) atoms. The summed E-state index contributed by atoms with van der Waals surface area (Å²) in [5, 5.41) is 9.38. The quantitative estimate of drug-likeness (QED) is 0.731. The van der Waals surface area contributed by atoms with Crippen LogP contribution in [0.1, 0.15) is 25.8 Å². The summed E-state index contributed by atoms with van der Waals surface area (Å²) in [4.78, 5) is 3.62. The van der Waals surface area contributed by atoms with E-state index in [2.05, 4.69) is 4.98 Å². The maximum atomic E-state index is 13.4. The largest absolute Gasteiger partial charge is 0.395 e. The topological polar surface area (TPSA) is 33.1 Å². The van der Waals surface area contributed by atoms with E-state index >= 15 is 0 Å². The highest BCUT2D eigenvalue weighted by Gasteiger charge is 2.62. The second-order valence-electron chi connectivity index (χ2n) is 4.64. The summed E-state index contributed by atoms with van der Waals surface area (Å²) >= 11 is 0. The van der Waals surface area contributed by atoms with Gasteiger partial charge in [-0.2, -0.15) is 4.39 Å². The molecule has 1 aromatic rings. The van der Waals surface area contributed by atoms with Gasteiger partial charge in [-0.15, -0.1) is 0 Å². The zero-order valence-electron chi connectivity index (χ0n) is 8.42. The number of halogens is 1. The van der Waals surface area contributed by atoms with E-state index in [0.717, 1.165) is 6.42 Å². The van der Waals surface area contributed by atoms with Gasteiger partial charge in [-0.1, -0.05) is 19.9 Å². The first-order valence-corrected chi connectivity index (χ1v) is 4.75. The van der Waals surface area contributed by atoms with E-state index in [9.17, 15) is 9.50 Å². The minimum absolute atomic E-state index is 0.0113. The molecule has 1 fully saturated rings. The number of pyridine rings is 1. The van der Waals surface area contributed by atoms with Gasteiger partial charge in [0.05, 0.1) is 6.61 Å². The molecule has 1 aliphatic carbocycles. The molecule has 2 rings (SSSR count). The third-order valence-corrected chi connectivity index (χ3v) is 3.46. The Kier molecular flexibility index (Phi) is 1.89. The fourth-order valence-corrected chi connectivity index (χ4v) is 2.27. The zero-order chi connectivity index (χ0) is 10.4. The zero-order valence-corrected chi connectivity index (χ0v) is 8.42. The summed E-state index contributed by atoms with van der Waals surface area (Å²) < 4.78 is 13.4. The molecule has 1 unspecified atom stereocenters. The molecule has 0 bridgehead atoms. The van der Waals surface area contributed by atoms with Crippen LogP contribution in [0.5, 0.6) is 0 Å². The van der Waals surface area contributed by atoms with Gasteiger partial charge in [-0.05, 0) is 17.9 Å². The number of hydrogen-bond acceptors (Lipinski definition) is 2. The van der Waals surface area contributed by atoms with Crippen LogP contribution in [0.2, 0.25) is 0 Å². The summed E-state index contributed by atoms with van der Waals surface area (Å²) in [6.07, 6.45) is 2.25. The molecule has 0 amide bonds. The number of aliphatic hydroxyl groups is 1. The van der Waals surface area contributed by atoms with Crippen molar-refractivity contribution >= 4 is 0 Å². The molecule has 1 aliphatic rings. The van der Waals surface area contributed by atoms with Gasteiger partial charge in [0.25, 0.3) is 0 Å². The second kappa shape index (κ2) is 2.76. The number of aromatic nitrogens is 1. The van der Waals surface area contributed by atoms with Crippen LogP contribution >= 0.6 is 0 Å². The van der Waals surface area contributed by atoms with Crippen molar-refractivity contribution in [2.24, 2.45) is 5.41 Å². The molecule has 1 aromatic heterocycles. The predicted molar refractivity (Wildman–Crippen MR) is 51.4 cm³/mol. The Labute approximate surface area is 82.8 Å². The van der Waals surface area contributed by atoms with Gasteiger partial charge in [0.15, 0.2) is 0 Å². The van der Waals surface area contributed by atoms with Gasteiger partial charge < -0.3 is 5.11 Å². The molecule has 2 nitrogen and oxygen atoms in total. The van der Waals surface area contributed by atoms with Crippen LogP contribution in [0, 0.1) is 11.4 Å². The van der Waals surface area contributed by atoms with Crippen LogP contribution in [-0.2, 0) is 5.41 Å². The first-order chi connectivity index (χ1) is 6.53. The van der Waals surface area contributed by atoms with Crippen molar-refractivity contribution < 1.29 is 9.50 Å². The molecular weight excluding hydrogens is 181 g/mol. The van der Waals surface area contributed by atoms with Gasteiger partial charge in [-0.3, -0.25) is 0 Å². The molecule has 1 atom stereocenters. The summed E-state index contributed by atoms with van der Waals surface area (Å²) in [5.74, 6) is -0.452. The van der Waals surface area contributed by atoms with Gasteiger partial charge in [0, 0.05) is 17.2 Å². The lowest BCUT2D eigenvalue weighted by Gasteiger charge is -2.18. The summed E-state index contributed by atoms with van der Waals surface area (Å²) in [5.41, 5.74) is 0.115. The minimum atomic E-state index is -0.452. The molecule has 0 radical (unpaired) electrons. The number of aliphatic hydroxyl groups excluding tert-OH is 1. The van der Waals surface area contributed by atoms with Crippen LogP contribution in [0.15, 0.2) is 18.3 Å². The maximum Gasteiger partial charge on any atom is 0.216 e. The van der Waals surface area contributed by atoms with E-state index in [1.807, 2.05) is 13.8 Å². The summed E-state index contributed by atoms with van der Waals surface area (Å²) in [7, 11) is 0. The third kappa shape index (κ3) is 1.08. The van der Waals surface area contributed by atoms with Crippen molar-refractivity contribution in [2.45, 2.75) is 25.7 Å². The van der Waals surface area contributed by atoms with E-state index < -0.39 is 11.4 Å². The maximum absolute atomic E-state index is 13.4. The molecule has 0 aliphatic heterocycles. The standard InChI is InChI=1S/C11H14FNO/c1-10(2)6-11(10,7-14)8-4-3-5-13-9(8)12/h3-5,14H,6-7H2,1-2H3. The molecule has 0 spiro atoms. The molecule has 1 heterocycles. The lowest BCUT2D eigenvalue weighted by Crippen LogP contribution is -2.21. The van der Waals surface area contributed by atoms with Crippen LogP contribution in [-0.4, -0.2) is 16.7 Å². The van der Waals surface area contributed by atoms with E-state index in [4.69, 9.17) is 0 Å². The highest BCUT2D eigenvalue weighted by atomic mass is 19.1. The van der Waals surface area contributed by atoms with Crippen molar-refractivity contribution in [2.75, 3.05) is 6.61 Å². The van der Waals surface area contributed by atoms with E-state index in [1.54, 1.807) is 12.1 Å². The van der Waals surface area contributed by atoms with Gasteiger partial charge >= 0.3 is 0 Å². The highest BCUT2D eigenvalue weighted by Crippen LogP contribution is 2.64. The van der Waals surface area contributed by atoms with Crippen LogP contribution < -0.4 is 0 Å². The normalized spacial score (nSPS) is 28.9. The molecule has 3 heteroatoms. The number of hydrogen-bond donors (Lipinski definition) is 1. The SMILES string of the molecule is CC1(C)CC1(CO)c1cccnc1F. The average Bonchev–Trinajstić information content (AvgIpc) is 2.70. The molecule has 0 aromatic carbocycles. The lowest BCUT2D eigenvalue weighted by molar-refractivity contribution is 0.227. The highest BCUT2D eigenvalue weighted by molar-refractivity contribution is 5.36. The second-order valence-corrected chi connectivity index (χ2v) is 4.64. The number of rotatable bonds is 2. The minimum Gasteiger partial charge on any atom is -0.395 e. The average molecular weight is 195 g/mol.